The van der Waals surface area contributed by atoms with E-state index in [1.165, 1.54) is 4.90 Å². The lowest BCUT2D eigenvalue weighted by molar-refractivity contribution is 0.123. The van der Waals surface area contributed by atoms with E-state index < -0.39 is 6.09 Å². The Labute approximate surface area is 125 Å². The van der Waals surface area contributed by atoms with Gasteiger partial charge < -0.3 is 14.5 Å². The molecule has 1 saturated heterocycles. The number of hydrogen-bond acceptors (Lipinski definition) is 6. The van der Waals surface area contributed by atoms with Crippen LogP contribution in [0.25, 0.3) is 11.6 Å². The van der Waals surface area contributed by atoms with Gasteiger partial charge in [0.1, 0.15) is 0 Å². The number of piperidine rings is 1. The fourth-order valence-corrected chi connectivity index (χ4v) is 2.72. The monoisotopic (exact) mass is 304 g/mol. The highest BCUT2D eigenvalue weighted by Crippen LogP contribution is 2.38. The standard InChI is InChI=1S/C13H16N6O3/c20-13(21)18-5-3-9(4-6-18)19-7-10(15-17-19)12-14-11(16-22-12)8-1-2-8/h7-9H,1-6H2,(H,20,21). The summed E-state index contributed by atoms with van der Waals surface area (Å²) in [7, 11) is 0. The summed E-state index contributed by atoms with van der Waals surface area (Å²) in [6.07, 6.45) is 4.63. The van der Waals surface area contributed by atoms with Gasteiger partial charge in [-0.1, -0.05) is 10.4 Å². The Balaban J connectivity index is 1.46. The normalized spacial score (nSPS) is 19.5. The van der Waals surface area contributed by atoms with Crippen molar-refractivity contribution in [2.24, 2.45) is 0 Å². The number of hydrogen-bond donors (Lipinski definition) is 1. The molecular weight excluding hydrogens is 288 g/mol. The molecule has 2 aromatic rings. The van der Waals surface area contributed by atoms with Gasteiger partial charge >= 0.3 is 6.09 Å². The average Bonchev–Trinajstić information content (AvgIpc) is 3.07. The molecular formula is C13H16N6O3. The number of carboxylic acid groups (broad SMARTS) is 1. The van der Waals surface area contributed by atoms with Gasteiger partial charge in [0.05, 0.1) is 12.2 Å². The topological polar surface area (TPSA) is 110 Å². The zero-order valence-electron chi connectivity index (χ0n) is 11.9. The van der Waals surface area contributed by atoms with Gasteiger partial charge in [0.25, 0.3) is 5.89 Å². The van der Waals surface area contributed by atoms with Crippen molar-refractivity contribution in [2.45, 2.75) is 37.6 Å². The molecule has 1 amide bonds. The van der Waals surface area contributed by atoms with Crippen molar-refractivity contribution >= 4 is 6.09 Å². The SMILES string of the molecule is O=C(O)N1CCC(n2cc(-c3nc(C4CC4)no3)nn2)CC1. The van der Waals surface area contributed by atoms with Crippen molar-refractivity contribution in [2.75, 3.05) is 13.1 Å². The first-order chi connectivity index (χ1) is 10.7. The summed E-state index contributed by atoms with van der Waals surface area (Å²) in [6, 6.07) is 0.155. The van der Waals surface area contributed by atoms with Gasteiger partial charge in [0.2, 0.25) is 0 Å². The van der Waals surface area contributed by atoms with Crippen LogP contribution >= 0.6 is 0 Å². The van der Waals surface area contributed by atoms with E-state index in [1.807, 2.05) is 0 Å². The molecule has 0 aromatic carbocycles. The van der Waals surface area contributed by atoms with Gasteiger partial charge in [0, 0.05) is 19.0 Å². The van der Waals surface area contributed by atoms with Crippen LogP contribution in [0.5, 0.6) is 0 Å². The summed E-state index contributed by atoms with van der Waals surface area (Å²) in [5, 5.41) is 21.2. The Morgan fingerprint density at radius 1 is 1.27 bits per heavy atom. The molecule has 1 N–H and O–H groups in total. The van der Waals surface area contributed by atoms with Crippen molar-refractivity contribution in [3.63, 3.8) is 0 Å². The van der Waals surface area contributed by atoms with E-state index >= 15 is 0 Å². The highest BCUT2D eigenvalue weighted by Gasteiger charge is 2.30. The maximum atomic E-state index is 10.9. The van der Waals surface area contributed by atoms with E-state index in [0.29, 0.717) is 30.6 Å². The molecule has 2 fully saturated rings. The Morgan fingerprint density at radius 3 is 2.73 bits per heavy atom. The first-order valence-corrected chi connectivity index (χ1v) is 7.44. The molecule has 9 nitrogen and oxygen atoms in total. The molecule has 0 radical (unpaired) electrons. The predicted molar refractivity (Wildman–Crippen MR) is 73.2 cm³/mol. The maximum Gasteiger partial charge on any atom is 0.407 e. The van der Waals surface area contributed by atoms with Crippen molar-refractivity contribution in [1.29, 1.82) is 0 Å². The van der Waals surface area contributed by atoms with Gasteiger partial charge in [-0.25, -0.2) is 9.48 Å². The van der Waals surface area contributed by atoms with E-state index in [1.54, 1.807) is 10.9 Å². The summed E-state index contributed by atoms with van der Waals surface area (Å²) in [5.41, 5.74) is 0.570. The molecule has 0 bridgehead atoms. The van der Waals surface area contributed by atoms with E-state index in [-0.39, 0.29) is 6.04 Å². The summed E-state index contributed by atoms with van der Waals surface area (Å²) >= 11 is 0. The lowest BCUT2D eigenvalue weighted by Gasteiger charge is -2.29. The van der Waals surface area contributed by atoms with Crippen LogP contribution in [-0.2, 0) is 0 Å². The summed E-state index contributed by atoms with van der Waals surface area (Å²) in [5.74, 6) is 1.59. The third-order valence-corrected chi connectivity index (χ3v) is 4.22. The van der Waals surface area contributed by atoms with Crippen LogP contribution in [0.4, 0.5) is 4.79 Å². The van der Waals surface area contributed by atoms with E-state index in [9.17, 15) is 4.79 Å². The van der Waals surface area contributed by atoms with Crippen molar-refractivity contribution in [3.05, 3.63) is 12.0 Å². The van der Waals surface area contributed by atoms with Crippen LogP contribution in [0.2, 0.25) is 0 Å². The first kappa shape index (κ1) is 13.2. The molecule has 2 aromatic heterocycles. The maximum absolute atomic E-state index is 10.9. The average molecular weight is 304 g/mol. The van der Waals surface area contributed by atoms with E-state index in [0.717, 1.165) is 31.5 Å². The van der Waals surface area contributed by atoms with Crippen LogP contribution in [-0.4, -0.2) is 54.3 Å². The smallest absolute Gasteiger partial charge is 0.407 e. The zero-order valence-corrected chi connectivity index (χ0v) is 11.9. The second kappa shape index (κ2) is 5.08. The molecule has 1 saturated carbocycles. The summed E-state index contributed by atoms with van der Waals surface area (Å²) in [4.78, 5) is 16.7. The van der Waals surface area contributed by atoms with E-state index in [2.05, 4.69) is 20.5 Å². The molecule has 0 unspecified atom stereocenters. The number of nitrogens with zero attached hydrogens (tertiary/aromatic N) is 6. The van der Waals surface area contributed by atoms with Crippen molar-refractivity contribution < 1.29 is 14.4 Å². The Hall–Kier alpha value is -2.45. The minimum absolute atomic E-state index is 0.155. The van der Waals surface area contributed by atoms with Gasteiger partial charge in [0.15, 0.2) is 11.5 Å². The summed E-state index contributed by atoms with van der Waals surface area (Å²) in [6.45, 7) is 1.03. The molecule has 3 heterocycles. The van der Waals surface area contributed by atoms with Crippen LogP contribution < -0.4 is 0 Å². The number of carbonyl (C=O) groups is 1. The highest BCUT2D eigenvalue weighted by molar-refractivity contribution is 5.65. The first-order valence-electron chi connectivity index (χ1n) is 7.44. The number of likely N-dealkylation sites (tertiary alicyclic amines) is 1. The fourth-order valence-electron chi connectivity index (χ4n) is 2.72. The molecule has 0 atom stereocenters. The van der Waals surface area contributed by atoms with E-state index in [4.69, 9.17) is 9.63 Å². The van der Waals surface area contributed by atoms with Crippen LogP contribution in [0, 0.1) is 0 Å². The predicted octanol–water partition coefficient (Wildman–Crippen LogP) is 1.52. The number of rotatable bonds is 3. The van der Waals surface area contributed by atoms with Crippen molar-refractivity contribution in [1.82, 2.24) is 30.0 Å². The quantitative estimate of drug-likeness (QED) is 0.915. The molecule has 22 heavy (non-hydrogen) atoms. The molecule has 4 rings (SSSR count). The fraction of sp³-hybridized carbons (Fsp3) is 0.615. The number of amides is 1. The molecule has 2 aliphatic rings. The largest absolute Gasteiger partial charge is 0.465 e. The van der Waals surface area contributed by atoms with Gasteiger partial charge in [-0.2, -0.15) is 4.98 Å². The minimum Gasteiger partial charge on any atom is -0.465 e. The third kappa shape index (κ3) is 2.42. The molecule has 1 aliphatic carbocycles. The van der Waals surface area contributed by atoms with Crippen LogP contribution in [0.1, 0.15) is 43.5 Å². The number of aromatic nitrogens is 5. The lowest BCUT2D eigenvalue weighted by atomic mass is 10.1. The van der Waals surface area contributed by atoms with Gasteiger partial charge in [-0.05, 0) is 25.7 Å². The Bertz CT molecular complexity index is 684. The zero-order chi connectivity index (χ0) is 15.1. The lowest BCUT2D eigenvalue weighted by Crippen LogP contribution is -2.38. The minimum atomic E-state index is -0.865. The van der Waals surface area contributed by atoms with Gasteiger partial charge in [-0.15, -0.1) is 5.10 Å². The molecule has 1 aliphatic heterocycles. The second-order valence-electron chi connectivity index (χ2n) is 5.82. The third-order valence-electron chi connectivity index (χ3n) is 4.22. The highest BCUT2D eigenvalue weighted by atomic mass is 16.5. The Kier molecular flexibility index (Phi) is 3.05. The van der Waals surface area contributed by atoms with Crippen LogP contribution in [0.3, 0.4) is 0 Å². The second-order valence-corrected chi connectivity index (χ2v) is 5.82. The summed E-state index contributed by atoms with van der Waals surface area (Å²) < 4.78 is 7.01. The Morgan fingerprint density at radius 2 is 2.05 bits per heavy atom. The van der Waals surface area contributed by atoms with Crippen LogP contribution in [0.15, 0.2) is 10.7 Å². The molecule has 0 spiro atoms. The molecule has 116 valence electrons. The van der Waals surface area contributed by atoms with Crippen molar-refractivity contribution in [3.8, 4) is 11.6 Å². The van der Waals surface area contributed by atoms with Gasteiger partial charge in [-0.3, -0.25) is 0 Å². The molecule has 9 heteroatoms.